The van der Waals surface area contributed by atoms with E-state index in [1.807, 2.05) is 36.5 Å². The molecule has 0 aromatic carbocycles. The second kappa shape index (κ2) is 7.14. The number of carbonyl (C=O) groups is 1. The Balaban J connectivity index is 1.62. The van der Waals surface area contributed by atoms with E-state index in [0.717, 1.165) is 16.4 Å². The summed E-state index contributed by atoms with van der Waals surface area (Å²) in [5.74, 6) is 0.333. The van der Waals surface area contributed by atoms with Crippen LogP contribution in [0.25, 0.3) is 11.4 Å². The van der Waals surface area contributed by atoms with Gasteiger partial charge in [-0.1, -0.05) is 0 Å². The largest absolute Gasteiger partial charge is 0.354 e. The van der Waals surface area contributed by atoms with Crippen molar-refractivity contribution >= 4 is 22.4 Å². The molecule has 0 aliphatic carbocycles. The first-order valence-corrected chi connectivity index (χ1v) is 8.14. The summed E-state index contributed by atoms with van der Waals surface area (Å²) in [4.78, 5) is 30.9. The number of nitrogens with zero attached hydrogens (tertiary/aromatic N) is 5. The second-order valence-corrected chi connectivity index (χ2v) is 6.07. The third kappa shape index (κ3) is 3.72. The highest BCUT2D eigenvalue weighted by atomic mass is 32.1. The van der Waals surface area contributed by atoms with E-state index < -0.39 is 0 Å². The zero-order chi connectivity index (χ0) is 16.9. The summed E-state index contributed by atoms with van der Waals surface area (Å²) >= 11 is 1.54. The number of rotatable bonds is 5. The zero-order valence-electron chi connectivity index (χ0n) is 13.3. The molecule has 1 amide bonds. The van der Waals surface area contributed by atoms with E-state index in [9.17, 15) is 4.79 Å². The minimum atomic E-state index is -0.226. The highest BCUT2D eigenvalue weighted by Gasteiger charge is 2.09. The van der Waals surface area contributed by atoms with Gasteiger partial charge in [0, 0.05) is 49.8 Å². The summed E-state index contributed by atoms with van der Waals surface area (Å²) in [6, 6.07) is 3.64. The van der Waals surface area contributed by atoms with Gasteiger partial charge in [-0.15, -0.1) is 11.3 Å². The number of hydrogen-bond acceptors (Lipinski definition) is 7. The average Bonchev–Trinajstić information content (AvgIpc) is 3.10. The van der Waals surface area contributed by atoms with Gasteiger partial charge in [0.1, 0.15) is 0 Å². The Hall–Kier alpha value is -2.87. The highest BCUT2D eigenvalue weighted by Crippen LogP contribution is 2.17. The predicted molar refractivity (Wildman–Crippen MR) is 92.9 cm³/mol. The Morgan fingerprint density at radius 3 is 2.54 bits per heavy atom. The molecule has 3 aromatic heterocycles. The number of carbonyl (C=O) groups excluding carboxylic acids is 1. The molecule has 0 saturated heterocycles. The molecule has 3 heterocycles. The van der Waals surface area contributed by atoms with Crippen molar-refractivity contribution in [3.8, 4) is 11.4 Å². The number of nitrogens with one attached hydrogen (secondary N) is 1. The summed E-state index contributed by atoms with van der Waals surface area (Å²) in [7, 11) is 3.87. The molecule has 122 valence electrons. The van der Waals surface area contributed by atoms with Crippen LogP contribution in [0.5, 0.6) is 0 Å². The van der Waals surface area contributed by atoms with Crippen molar-refractivity contribution in [2.24, 2.45) is 0 Å². The second-order valence-electron chi connectivity index (χ2n) is 5.23. The standard InChI is InChI=1S/C16H16N6OS/c1-22(2)16-21-13(10-24-16)9-20-15(23)12-7-18-14(19-8-12)11-3-5-17-6-4-11/h3-8,10H,9H2,1-2H3,(H,20,23). The van der Waals surface area contributed by atoms with E-state index in [2.05, 4.69) is 25.3 Å². The first kappa shape index (κ1) is 16.0. The Morgan fingerprint density at radius 2 is 1.92 bits per heavy atom. The fourth-order valence-electron chi connectivity index (χ4n) is 1.95. The Kier molecular flexibility index (Phi) is 4.76. The molecule has 24 heavy (non-hydrogen) atoms. The van der Waals surface area contributed by atoms with Gasteiger partial charge in [-0.2, -0.15) is 0 Å². The van der Waals surface area contributed by atoms with Crippen LogP contribution in [0.4, 0.5) is 5.13 Å². The SMILES string of the molecule is CN(C)c1nc(CNC(=O)c2cnc(-c3ccncc3)nc2)cs1. The fourth-order valence-corrected chi connectivity index (χ4v) is 2.71. The molecule has 1 N–H and O–H groups in total. The molecule has 3 aromatic rings. The van der Waals surface area contributed by atoms with Crippen molar-refractivity contribution in [2.75, 3.05) is 19.0 Å². The molecular formula is C16H16N6OS. The van der Waals surface area contributed by atoms with Gasteiger partial charge in [-0.3, -0.25) is 9.78 Å². The van der Waals surface area contributed by atoms with Gasteiger partial charge < -0.3 is 10.2 Å². The van der Waals surface area contributed by atoms with Gasteiger partial charge in [-0.25, -0.2) is 15.0 Å². The van der Waals surface area contributed by atoms with Gasteiger partial charge in [0.25, 0.3) is 5.91 Å². The van der Waals surface area contributed by atoms with Crippen LogP contribution in [0.2, 0.25) is 0 Å². The molecule has 8 heteroatoms. The molecule has 0 bridgehead atoms. The van der Waals surface area contributed by atoms with Crippen molar-refractivity contribution in [1.82, 2.24) is 25.3 Å². The van der Waals surface area contributed by atoms with Crippen LogP contribution < -0.4 is 10.2 Å². The van der Waals surface area contributed by atoms with Gasteiger partial charge in [0.2, 0.25) is 0 Å². The van der Waals surface area contributed by atoms with Crippen LogP contribution in [0, 0.1) is 0 Å². The molecule has 0 radical (unpaired) electrons. The van der Waals surface area contributed by atoms with E-state index in [1.165, 1.54) is 23.7 Å². The maximum absolute atomic E-state index is 12.2. The van der Waals surface area contributed by atoms with Gasteiger partial charge in [0.05, 0.1) is 17.8 Å². The lowest BCUT2D eigenvalue weighted by atomic mass is 10.2. The zero-order valence-corrected chi connectivity index (χ0v) is 14.1. The molecule has 3 rings (SSSR count). The lowest BCUT2D eigenvalue weighted by Gasteiger charge is -2.06. The molecule has 7 nitrogen and oxygen atoms in total. The lowest BCUT2D eigenvalue weighted by Crippen LogP contribution is -2.23. The molecule has 0 spiro atoms. The summed E-state index contributed by atoms with van der Waals surface area (Å²) in [6.07, 6.45) is 6.39. The van der Waals surface area contributed by atoms with Crippen LogP contribution in [0.1, 0.15) is 16.1 Å². The van der Waals surface area contributed by atoms with Crippen molar-refractivity contribution in [1.29, 1.82) is 0 Å². The van der Waals surface area contributed by atoms with E-state index in [-0.39, 0.29) is 5.91 Å². The smallest absolute Gasteiger partial charge is 0.254 e. The van der Waals surface area contributed by atoms with E-state index in [0.29, 0.717) is 17.9 Å². The number of thiazole rings is 1. The first-order chi connectivity index (χ1) is 11.6. The predicted octanol–water partition coefficient (Wildman–Crippen LogP) is 1.99. The molecule has 0 atom stereocenters. The first-order valence-electron chi connectivity index (χ1n) is 7.26. The molecular weight excluding hydrogens is 324 g/mol. The summed E-state index contributed by atoms with van der Waals surface area (Å²) < 4.78 is 0. The lowest BCUT2D eigenvalue weighted by molar-refractivity contribution is 0.0950. The van der Waals surface area contributed by atoms with Gasteiger partial charge in [0.15, 0.2) is 11.0 Å². The van der Waals surface area contributed by atoms with Crippen molar-refractivity contribution in [2.45, 2.75) is 6.54 Å². The topological polar surface area (TPSA) is 83.9 Å². The van der Waals surface area contributed by atoms with Crippen molar-refractivity contribution in [3.63, 3.8) is 0 Å². The number of amides is 1. The quantitative estimate of drug-likeness (QED) is 0.765. The van der Waals surface area contributed by atoms with E-state index >= 15 is 0 Å². The molecule has 0 fully saturated rings. The van der Waals surface area contributed by atoms with Gasteiger partial charge in [-0.05, 0) is 12.1 Å². The van der Waals surface area contributed by atoms with E-state index in [4.69, 9.17) is 0 Å². The normalized spacial score (nSPS) is 10.4. The third-order valence-corrected chi connectivity index (χ3v) is 4.26. The molecule has 0 aliphatic rings. The van der Waals surface area contributed by atoms with Crippen LogP contribution in [0.15, 0.2) is 42.3 Å². The Labute approximate surface area is 143 Å². The maximum atomic E-state index is 12.2. The minimum absolute atomic E-state index is 0.226. The molecule has 0 saturated carbocycles. The van der Waals surface area contributed by atoms with E-state index in [1.54, 1.807) is 12.4 Å². The van der Waals surface area contributed by atoms with Gasteiger partial charge >= 0.3 is 0 Å². The van der Waals surface area contributed by atoms with Crippen LogP contribution in [-0.2, 0) is 6.54 Å². The van der Waals surface area contributed by atoms with Crippen molar-refractivity contribution in [3.05, 3.63) is 53.6 Å². The highest BCUT2D eigenvalue weighted by molar-refractivity contribution is 7.13. The summed E-state index contributed by atoms with van der Waals surface area (Å²) in [5.41, 5.74) is 2.10. The molecule has 0 unspecified atom stereocenters. The number of aromatic nitrogens is 4. The minimum Gasteiger partial charge on any atom is -0.354 e. The summed E-state index contributed by atoms with van der Waals surface area (Å²) in [5, 5.41) is 5.66. The average molecular weight is 340 g/mol. The van der Waals surface area contributed by atoms with Crippen LogP contribution in [-0.4, -0.2) is 39.9 Å². The molecule has 0 aliphatic heterocycles. The third-order valence-electron chi connectivity index (χ3n) is 3.20. The summed E-state index contributed by atoms with van der Waals surface area (Å²) in [6.45, 7) is 0.370. The monoisotopic (exact) mass is 340 g/mol. The number of hydrogen-bond donors (Lipinski definition) is 1. The number of anilines is 1. The van der Waals surface area contributed by atoms with Crippen LogP contribution >= 0.6 is 11.3 Å². The number of pyridine rings is 1. The Bertz CT molecular complexity index is 816. The fraction of sp³-hybridized carbons (Fsp3) is 0.188. The Morgan fingerprint density at radius 1 is 1.21 bits per heavy atom. The maximum Gasteiger partial charge on any atom is 0.254 e. The van der Waals surface area contributed by atoms with Crippen molar-refractivity contribution < 1.29 is 4.79 Å². The van der Waals surface area contributed by atoms with Crippen LogP contribution in [0.3, 0.4) is 0 Å².